The van der Waals surface area contributed by atoms with Crippen LogP contribution in [0.1, 0.15) is 67.2 Å². The SMILES string of the molecule is CN[C@@H](C)C(=S)N[C@H]1CCSC2CC(C)(C)[C@@H](C(=O)NCCOCCN=CC(COCCNC(=O)[C@H]3N4C(=O)[C@@H](NC(=S)[C@H](C)NC)CCSC4CC3(C)C)=NN)N2C1=O. The maximum absolute atomic E-state index is 13.8. The number of amides is 4. The maximum Gasteiger partial charge on any atom is 0.246 e. The highest BCUT2D eigenvalue weighted by atomic mass is 32.2. The lowest BCUT2D eigenvalue weighted by atomic mass is 9.84. The highest BCUT2D eigenvalue weighted by Crippen LogP contribution is 2.47. The minimum atomic E-state index is -0.628. The number of thioether (sulfide) groups is 2. The zero-order valence-corrected chi connectivity index (χ0v) is 39.6. The van der Waals surface area contributed by atoms with E-state index in [0.717, 1.165) is 17.9 Å². The van der Waals surface area contributed by atoms with E-state index in [1.165, 1.54) is 6.21 Å². The molecule has 4 rings (SSSR count). The molecule has 60 heavy (non-hydrogen) atoms. The number of rotatable bonds is 20. The van der Waals surface area contributed by atoms with E-state index in [1.807, 2.05) is 55.6 Å². The molecule has 0 saturated carbocycles. The molecule has 0 radical (unpaired) electrons. The Kier molecular flexibility index (Phi) is 19.3. The Morgan fingerprint density at radius 3 is 1.70 bits per heavy atom. The van der Waals surface area contributed by atoms with Gasteiger partial charge >= 0.3 is 0 Å². The first-order chi connectivity index (χ1) is 28.5. The second-order valence-electron chi connectivity index (χ2n) is 17.0. The summed E-state index contributed by atoms with van der Waals surface area (Å²) in [6.07, 6.45) is 4.23. The molecule has 21 heteroatoms. The summed E-state index contributed by atoms with van der Waals surface area (Å²) >= 11 is 14.5. The number of ether oxygens (including phenoxy) is 2. The van der Waals surface area contributed by atoms with E-state index in [0.29, 0.717) is 48.1 Å². The van der Waals surface area contributed by atoms with Gasteiger partial charge in [0.1, 0.15) is 29.9 Å². The predicted octanol–water partition coefficient (Wildman–Crippen LogP) is 0.605. The van der Waals surface area contributed by atoms with E-state index in [9.17, 15) is 19.2 Å². The van der Waals surface area contributed by atoms with Crippen LogP contribution in [0.15, 0.2) is 10.1 Å². The van der Waals surface area contributed by atoms with Crippen LogP contribution in [0.2, 0.25) is 0 Å². The Bertz CT molecular complexity index is 1600. The standard InChI is InChI=1S/C39H67N11O6S4/c1-23(41-7)34(57)46-26-9-17-59-28-19-38(3,4)30(49(28)36(26)53)32(51)44-12-15-55-14-11-43-21-25(48-40)22-56-16-13-45-33(52)31-39(5,6)20-29-50(31)37(54)27(10-18-60-29)47-35(58)24(2)42-8/h21,23-24,26-31,41-42H,9-20,22,40H2,1-8H3,(H,44,51)(H,45,52)(H,46,57)(H,47,58)/t23-,24-,26-,27-,28?,29?,30+,31+/m0/s1. The molecule has 4 fully saturated rings. The van der Waals surface area contributed by atoms with Gasteiger partial charge in [0.15, 0.2) is 0 Å². The lowest BCUT2D eigenvalue weighted by Gasteiger charge is -2.34. The number of hydrogen-bond donors (Lipinski definition) is 7. The third-order valence-corrected chi connectivity index (χ3v) is 14.9. The molecule has 0 aromatic heterocycles. The van der Waals surface area contributed by atoms with Crippen molar-refractivity contribution in [2.75, 3.05) is 71.7 Å². The molecule has 8 atom stereocenters. The lowest BCUT2D eigenvalue weighted by molar-refractivity contribution is -0.142. The van der Waals surface area contributed by atoms with Gasteiger partial charge in [0, 0.05) is 19.3 Å². The number of hydrogen-bond acceptors (Lipinski definition) is 15. The fourth-order valence-electron chi connectivity index (χ4n) is 7.92. The topological polar surface area (TPSA) is 216 Å². The van der Waals surface area contributed by atoms with Gasteiger partial charge in [-0.1, -0.05) is 52.1 Å². The summed E-state index contributed by atoms with van der Waals surface area (Å²) in [5.41, 5.74) is -0.403. The van der Waals surface area contributed by atoms with Crippen molar-refractivity contribution >= 4 is 93.5 Å². The highest BCUT2D eigenvalue weighted by Gasteiger charge is 2.55. The first-order valence-electron chi connectivity index (χ1n) is 20.8. The van der Waals surface area contributed by atoms with Gasteiger partial charge in [0.25, 0.3) is 0 Å². The van der Waals surface area contributed by atoms with Gasteiger partial charge in [-0.3, -0.25) is 24.2 Å². The first kappa shape index (κ1) is 50.0. The summed E-state index contributed by atoms with van der Waals surface area (Å²) in [5, 5.41) is 22.2. The Morgan fingerprint density at radius 2 is 1.27 bits per heavy atom. The lowest BCUT2D eigenvalue weighted by Crippen LogP contribution is -2.57. The molecule has 0 aliphatic carbocycles. The van der Waals surface area contributed by atoms with E-state index < -0.39 is 35.0 Å². The molecule has 4 aliphatic heterocycles. The zero-order chi connectivity index (χ0) is 44.2. The van der Waals surface area contributed by atoms with Crippen molar-refractivity contribution < 1.29 is 28.7 Å². The van der Waals surface area contributed by atoms with Gasteiger partial charge in [-0.2, -0.15) is 5.10 Å². The van der Waals surface area contributed by atoms with Crippen molar-refractivity contribution in [1.29, 1.82) is 0 Å². The summed E-state index contributed by atoms with van der Waals surface area (Å²) in [6.45, 7) is 13.8. The third-order valence-electron chi connectivity index (χ3n) is 11.5. The molecule has 0 aromatic carbocycles. The molecule has 17 nitrogen and oxygen atoms in total. The average Bonchev–Trinajstić information content (AvgIpc) is 3.53. The number of thiocarbonyl (C=S) groups is 2. The number of fused-ring (bicyclic) bond motifs is 2. The number of carbonyl (C=O) groups is 4. The van der Waals surface area contributed by atoms with E-state index in [1.54, 1.807) is 33.3 Å². The van der Waals surface area contributed by atoms with E-state index >= 15 is 0 Å². The second kappa shape index (κ2) is 23.1. The summed E-state index contributed by atoms with van der Waals surface area (Å²) in [5.74, 6) is 6.54. The van der Waals surface area contributed by atoms with E-state index in [2.05, 4.69) is 42.0 Å². The zero-order valence-electron chi connectivity index (χ0n) is 36.3. The fourth-order valence-corrected chi connectivity index (χ4v) is 11.6. The number of nitrogens with zero attached hydrogens (tertiary/aromatic N) is 4. The average molecular weight is 914 g/mol. The van der Waals surface area contributed by atoms with E-state index in [-0.39, 0.29) is 79.4 Å². The molecule has 4 heterocycles. The highest BCUT2D eigenvalue weighted by molar-refractivity contribution is 8.00. The second-order valence-corrected chi connectivity index (χ2v) is 20.4. The van der Waals surface area contributed by atoms with Gasteiger partial charge in [0.05, 0.1) is 65.8 Å². The van der Waals surface area contributed by atoms with Crippen molar-refractivity contribution in [1.82, 2.24) is 41.7 Å². The van der Waals surface area contributed by atoms with Gasteiger partial charge in [-0.05, 0) is 76.0 Å². The van der Waals surface area contributed by atoms with Crippen molar-refractivity contribution in [3.05, 3.63) is 0 Å². The molecule has 4 aliphatic rings. The number of nitrogens with two attached hydrogens (primary N) is 1. The van der Waals surface area contributed by atoms with Crippen molar-refractivity contribution in [3.63, 3.8) is 0 Å². The molecule has 0 aromatic rings. The molecule has 4 saturated heterocycles. The van der Waals surface area contributed by atoms with Crippen LogP contribution in [0.5, 0.6) is 0 Å². The van der Waals surface area contributed by atoms with E-state index in [4.69, 9.17) is 39.8 Å². The minimum Gasteiger partial charge on any atom is -0.378 e. The minimum absolute atomic E-state index is 0.0723. The predicted molar refractivity (Wildman–Crippen MR) is 249 cm³/mol. The smallest absolute Gasteiger partial charge is 0.246 e. The Labute approximate surface area is 374 Å². The maximum atomic E-state index is 13.8. The van der Waals surface area contributed by atoms with Crippen molar-refractivity contribution in [3.8, 4) is 0 Å². The fraction of sp³-hybridized carbons (Fsp3) is 0.795. The summed E-state index contributed by atoms with van der Waals surface area (Å²) in [6, 6.07) is -2.35. The van der Waals surface area contributed by atoms with Gasteiger partial charge in [-0.25, -0.2) is 0 Å². The van der Waals surface area contributed by atoms with Crippen LogP contribution in [0.3, 0.4) is 0 Å². The molecule has 2 unspecified atom stereocenters. The van der Waals surface area contributed by atoms with Crippen LogP contribution in [0.4, 0.5) is 0 Å². The normalized spacial score (nSPS) is 27.4. The quantitative estimate of drug-likeness (QED) is 0.0293. The van der Waals surface area contributed by atoms with Crippen LogP contribution < -0.4 is 37.7 Å². The van der Waals surface area contributed by atoms with Gasteiger partial charge < -0.3 is 57.0 Å². The Balaban J connectivity index is 1.15. The molecule has 338 valence electrons. The molecule has 8 N–H and O–H groups in total. The summed E-state index contributed by atoms with van der Waals surface area (Å²) < 4.78 is 11.4. The summed E-state index contributed by atoms with van der Waals surface area (Å²) in [4.78, 5) is 63.8. The van der Waals surface area contributed by atoms with Crippen LogP contribution in [-0.2, 0) is 28.7 Å². The number of likely N-dealkylation sites (N-methyl/N-ethyl adjacent to an activating group) is 2. The number of carbonyl (C=O) groups excluding carboxylic acids is 4. The molecular weight excluding hydrogens is 847 g/mol. The third kappa shape index (κ3) is 12.9. The van der Waals surface area contributed by atoms with Crippen molar-refractivity contribution in [2.24, 2.45) is 26.8 Å². The molecule has 0 bridgehead atoms. The van der Waals surface area contributed by atoms with Crippen LogP contribution in [0, 0.1) is 10.8 Å². The van der Waals surface area contributed by atoms with Gasteiger partial charge in [0.2, 0.25) is 23.6 Å². The Morgan fingerprint density at radius 1 is 0.817 bits per heavy atom. The Hall–Kier alpha value is -2.66. The monoisotopic (exact) mass is 913 g/mol. The number of nitrogens with one attached hydrogen (secondary N) is 6. The van der Waals surface area contributed by atoms with Crippen LogP contribution in [-0.4, -0.2) is 174 Å². The first-order valence-corrected chi connectivity index (χ1v) is 23.7. The molecular formula is C39H67N11O6S4. The largest absolute Gasteiger partial charge is 0.378 e. The molecule has 0 spiro atoms. The molecule has 4 amide bonds. The number of hydrazone groups is 1. The van der Waals surface area contributed by atoms with Crippen molar-refractivity contribution in [2.45, 2.75) is 114 Å². The summed E-state index contributed by atoms with van der Waals surface area (Å²) in [7, 11) is 3.64. The van der Waals surface area contributed by atoms with Gasteiger partial charge in [-0.15, -0.1) is 23.5 Å². The number of aliphatic imine (C=N–C) groups is 1. The van der Waals surface area contributed by atoms with Crippen LogP contribution >= 0.6 is 48.0 Å². The van der Waals surface area contributed by atoms with Crippen LogP contribution in [0.25, 0.3) is 0 Å².